The van der Waals surface area contributed by atoms with Crippen molar-refractivity contribution in [2.45, 2.75) is 36.1 Å². The van der Waals surface area contributed by atoms with Crippen molar-refractivity contribution in [1.82, 2.24) is 10.2 Å². The topological polar surface area (TPSA) is 75.7 Å². The zero-order valence-corrected chi connectivity index (χ0v) is 18.7. The average molecular weight is 482 g/mol. The highest BCUT2D eigenvalue weighted by molar-refractivity contribution is 6.76. The third-order valence-corrected chi connectivity index (χ3v) is 5.30. The van der Waals surface area contributed by atoms with E-state index in [9.17, 15) is 14.4 Å². The molecule has 0 saturated carbocycles. The summed E-state index contributed by atoms with van der Waals surface area (Å²) in [7, 11) is 0. The maximum Gasteiger partial charge on any atom is 0.417 e. The molecule has 1 heterocycles. The van der Waals surface area contributed by atoms with E-state index in [2.05, 4.69) is 5.32 Å². The van der Waals surface area contributed by atoms with E-state index in [4.69, 9.17) is 51.1 Å². The first kappa shape index (κ1) is 23.8. The Bertz CT molecular complexity index is 795. The molecule has 1 aliphatic rings. The van der Waals surface area contributed by atoms with E-state index in [-0.39, 0.29) is 11.6 Å². The Kier molecular flexibility index (Phi) is 8.23. The standard InChI is InChI=1S/C19H20Cl4N2O4/c1-11(8-15(20)12(2)24-17(27)19(21,22)23)16(26)25-14(10-29-18(25)28)9-13-6-4-3-5-7-13/h3-8,11-12,14H,9-10H2,1-2H3,(H,24,27)/t11-,12+,14-/m1/s1. The van der Waals surface area contributed by atoms with Crippen LogP contribution in [0.3, 0.4) is 0 Å². The minimum Gasteiger partial charge on any atom is -0.447 e. The number of rotatable bonds is 6. The van der Waals surface area contributed by atoms with Gasteiger partial charge in [0.1, 0.15) is 6.61 Å². The maximum atomic E-state index is 12.9. The molecule has 0 aliphatic carbocycles. The number of amides is 3. The second-order valence-corrected chi connectivity index (χ2v) is 9.38. The van der Waals surface area contributed by atoms with Crippen molar-refractivity contribution < 1.29 is 19.1 Å². The fraction of sp³-hybridized carbons (Fsp3) is 0.421. The van der Waals surface area contributed by atoms with E-state index >= 15 is 0 Å². The third kappa shape index (κ3) is 6.51. The highest BCUT2D eigenvalue weighted by Crippen LogP contribution is 2.27. The lowest BCUT2D eigenvalue weighted by Gasteiger charge is -2.23. The number of ether oxygens (including phenoxy) is 1. The van der Waals surface area contributed by atoms with Gasteiger partial charge >= 0.3 is 6.09 Å². The summed E-state index contributed by atoms with van der Waals surface area (Å²) in [4.78, 5) is 37.8. The van der Waals surface area contributed by atoms with Crippen LogP contribution in [-0.4, -0.2) is 45.3 Å². The predicted octanol–water partition coefficient (Wildman–Crippen LogP) is 4.21. The van der Waals surface area contributed by atoms with Crippen LogP contribution in [0.25, 0.3) is 0 Å². The molecule has 6 nitrogen and oxygen atoms in total. The minimum atomic E-state index is -2.13. The predicted molar refractivity (Wildman–Crippen MR) is 113 cm³/mol. The number of carbonyl (C=O) groups is 3. The number of nitrogens with one attached hydrogen (secondary N) is 1. The third-order valence-electron chi connectivity index (χ3n) is 4.33. The highest BCUT2D eigenvalue weighted by atomic mass is 35.6. The van der Waals surface area contributed by atoms with Gasteiger partial charge in [0.15, 0.2) is 0 Å². The van der Waals surface area contributed by atoms with Crippen molar-refractivity contribution in [1.29, 1.82) is 0 Å². The van der Waals surface area contributed by atoms with Crippen LogP contribution in [0, 0.1) is 5.92 Å². The molecule has 1 aromatic carbocycles. The van der Waals surface area contributed by atoms with Gasteiger partial charge in [0, 0.05) is 5.03 Å². The Morgan fingerprint density at radius 3 is 2.48 bits per heavy atom. The van der Waals surface area contributed by atoms with Crippen LogP contribution in [0.5, 0.6) is 0 Å². The summed E-state index contributed by atoms with van der Waals surface area (Å²) in [5.74, 6) is -2.03. The van der Waals surface area contributed by atoms with Gasteiger partial charge in [-0.15, -0.1) is 0 Å². The molecule has 3 amide bonds. The van der Waals surface area contributed by atoms with E-state index < -0.39 is 39.7 Å². The van der Waals surface area contributed by atoms with E-state index in [0.717, 1.165) is 10.5 Å². The molecule has 0 bridgehead atoms. The zero-order valence-electron chi connectivity index (χ0n) is 15.7. The van der Waals surface area contributed by atoms with E-state index in [1.807, 2.05) is 30.3 Å². The number of halogens is 4. The molecule has 1 aliphatic heterocycles. The summed E-state index contributed by atoms with van der Waals surface area (Å²) in [5.41, 5.74) is 0.984. The molecule has 10 heteroatoms. The van der Waals surface area contributed by atoms with Crippen LogP contribution in [-0.2, 0) is 20.7 Å². The van der Waals surface area contributed by atoms with Crippen molar-refractivity contribution in [3.05, 3.63) is 47.0 Å². The van der Waals surface area contributed by atoms with Crippen molar-refractivity contribution in [3.63, 3.8) is 0 Å². The van der Waals surface area contributed by atoms with Gasteiger partial charge in [0.05, 0.1) is 18.0 Å². The van der Waals surface area contributed by atoms with Crippen molar-refractivity contribution in [3.8, 4) is 0 Å². The number of benzene rings is 1. The Balaban J connectivity index is 2.07. The van der Waals surface area contributed by atoms with Crippen LogP contribution in [0.15, 0.2) is 41.4 Å². The van der Waals surface area contributed by atoms with Crippen LogP contribution in [0.4, 0.5) is 4.79 Å². The summed E-state index contributed by atoms with van der Waals surface area (Å²) >= 11 is 22.8. The number of imide groups is 1. The van der Waals surface area contributed by atoms with Crippen LogP contribution in [0.2, 0.25) is 0 Å². The van der Waals surface area contributed by atoms with Crippen LogP contribution in [0.1, 0.15) is 19.4 Å². The molecule has 0 radical (unpaired) electrons. The van der Waals surface area contributed by atoms with Gasteiger partial charge in [-0.3, -0.25) is 9.59 Å². The quantitative estimate of drug-likeness (QED) is 0.617. The average Bonchev–Trinajstić information content (AvgIpc) is 3.01. The first-order chi connectivity index (χ1) is 13.5. The number of hydrogen-bond donors (Lipinski definition) is 1. The van der Waals surface area contributed by atoms with E-state index in [1.165, 1.54) is 6.08 Å². The molecule has 0 unspecified atom stereocenters. The molecule has 1 saturated heterocycles. The minimum absolute atomic E-state index is 0.124. The monoisotopic (exact) mass is 480 g/mol. The van der Waals surface area contributed by atoms with Gasteiger partial charge in [-0.1, -0.05) is 89.7 Å². The second-order valence-electron chi connectivity index (χ2n) is 6.66. The summed E-state index contributed by atoms with van der Waals surface area (Å²) in [6.45, 7) is 3.30. The van der Waals surface area contributed by atoms with Gasteiger partial charge in [0.2, 0.25) is 5.91 Å². The lowest BCUT2D eigenvalue weighted by atomic mass is 10.0. The largest absolute Gasteiger partial charge is 0.447 e. The number of nitrogens with zero attached hydrogens (tertiary/aromatic N) is 1. The van der Waals surface area contributed by atoms with Crippen LogP contribution >= 0.6 is 46.4 Å². The van der Waals surface area contributed by atoms with Gasteiger partial charge in [-0.25, -0.2) is 9.69 Å². The first-order valence-corrected chi connectivity index (χ1v) is 10.3. The number of alkyl halides is 3. The molecule has 1 aromatic rings. The molecular weight excluding hydrogens is 462 g/mol. The van der Waals surface area contributed by atoms with Crippen molar-refractivity contribution >= 4 is 64.3 Å². The fourth-order valence-electron chi connectivity index (χ4n) is 2.79. The Labute approximate surface area is 189 Å². The van der Waals surface area contributed by atoms with Gasteiger partial charge in [-0.05, 0) is 18.9 Å². The lowest BCUT2D eigenvalue weighted by Crippen LogP contribution is -2.43. The first-order valence-electron chi connectivity index (χ1n) is 8.79. The Hall–Kier alpha value is -1.47. The van der Waals surface area contributed by atoms with Crippen molar-refractivity contribution in [2.75, 3.05) is 6.61 Å². The smallest absolute Gasteiger partial charge is 0.417 e. The normalized spacial score (nSPS) is 19.5. The molecule has 0 aromatic heterocycles. The van der Waals surface area contributed by atoms with Gasteiger partial charge in [0.25, 0.3) is 9.70 Å². The molecule has 0 spiro atoms. The van der Waals surface area contributed by atoms with Crippen LogP contribution < -0.4 is 5.32 Å². The number of cyclic esters (lactones) is 1. The summed E-state index contributed by atoms with van der Waals surface area (Å²) in [6, 6.07) is 8.39. The molecule has 1 N–H and O–H groups in total. The molecule has 158 valence electrons. The van der Waals surface area contributed by atoms with Crippen molar-refractivity contribution in [2.24, 2.45) is 5.92 Å². The second kappa shape index (κ2) is 10.0. The number of carbonyl (C=O) groups excluding carboxylic acids is 3. The molecule has 2 rings (SSSR count). The maximum absolute atomic E-state index is 12.9. The van der Waals surface area contributed by atoms with E-state index in [1.54, 1.807) is 13.8 Å². The Morgan fingerprint density at radius 1 is 1.28 bits per heavy atom. The lowest BCUT2D eigenvalue weighted by molar-refractivity contribution is -0.131. The zero-order chi connectivity index (χ0) is 21.8. The molecule has 29 heavy (non-hydrogen) atoms. The fourth-order valence-corrected chi connectivity index (χ4v) is 3.20. The highest BCUT2D eigenvalue weighted by Gasteiger charge is 2.39. The SMILES string of the molecule is C[C@H](C=C(Cl)[C@H](C)NC(=O)C(Cl)(Cl)Cl)C(=O)N1C(=O)OC[C@H]1Cc1ccccc1. The summed E-state index contributed by atoms with van der Waals surface area (Å²) in [5, 5.41) is 2.60. The van der Waals surface area contributed by atoms with Gasteiger partial charge < -0.3 is 10.1 Å². The molecular formula is C19H20Cl4N2O4. The summed E-state index contributed by atoms with van der Waals surface area (Å²) in [6.07, 6.45) is 1.24. The van der Waals surface area contributed by atoms with Gasteiger partial charge in [-0.2, -0.15) is 0 Å². The molecule has 3 atom stereocenters. The van der Waals surface area contributed by atoms with E-state index in [0.29, 0.717) is 6.42 Å². The number of hydrogen-bond acceptors (Lipinski definition) is 4. The Morgan fingerprint density at radius 2 is 1.90 bits per heavy atom. The molecule has 1 fully saturated rings. The summed E-state index contributed by atoms with van der Waals surface area (Å²) < 4.78 is 2.95.